The maximum atomic E-state index is 12.8. The van der Waals surface area contributed by atoms with E-state index in [9.17, 15) is 19.0 Å². The minimum absolute atomic E-state index is 0.0283. The van der Waals surface area contributed by atoms with Crippen LogP contribution in [0.5, 0.6) is 0 Å². The Bertz CT molecular complexity index is 1340. The van der Waals surface area contributed by atoms with Gasteiger partial charge in [0, 0.05) is 12.8 Å². The summed E-state index contributed by atoms with van der Waals surface area (Å²) in [7, 11) is 1.47. The normalized spacial score (nSPS) is 13.8. The number of esters is 2. The van der Waals surface area contributed by atoms with Crippen molar-refractivity contribution in [2.75, 3.05) is 47.5 Å². The van der Waals surface area contributed by atoms with E-state index < -0.39 is 26.5 Å². The second kappa shape index (κ2) is 49.7. The molecule has 0 aromatic carbocycles. The number of quaternary nitrogens is 1. The molecule has 0 aliphatic carbocycles. The average molecular weight is 977 g/mol. The maximum absolute atomic E-state index is 12.8. The molecule has 0 aliphatic heterocycles. The molecule has 0 aromatic heterocycles. The molecule has 0 saturated carbocycles. The van der Waals surface area contributed by atoms with Crippen LogP contribution in [0.25, 0.3) is 0 Å². The molecule has 396 valence electrons. The van der Waals surface area contributed by atoms with Crippen molar-refractivity contribution < 1.29 is 42.1 Å². The molecule has 1 N–H and O–H groups in total. The van der Waals surface area contributed by atoms with Gasteiger partial charge < -0.3 is 18.9 Å². The smallest absolute Gasteiger partial charge is 0.462 e. The number of ether oxygens (including phenoxy) is 2. The molecule has 0 spiro atoms. The molecule has 0 aliphatic rings. The highest BCUT2D eigenvalue weighted by Gasteiger charge is 2.27. The number of nitrogens with zero attached hydrogens (tertiary/aromatic N) is 1. The molecule has 68 heavy (non-hydrogen) atoms. The van der Waals surface area contributed by atoms with E-state index in [4.69, 9.17) is 18.5 Å². The van der Waals surface area contributed by atoms with Crippen molar-refractivity contribution in [1.82, 2.24) is 0 Å². The van der Waals surface area contributed by atoms with E-state index in [2.05, 4.69) is 74.6 Å². The van der Waals surface area contributed by atoms with Crippen LogP contribution in [0.2, 0.25) is 0 Å². The van der Waals surface area contributed by atoms with Gasteiger partial charge >= 0.3 is 19.8 Å². The van der Waals surface area contributed by atoms with E-state index >= 15 is 0 Å². The monoisotopic (exact) mass is 977 g/mol. The lowest BCUT2D eigenvalue weighted by atomic mass is 10.0. The highest BCUT2D eigenvalue weighted by Crippen LogP contribution is 2.43. The summed E-state index contributed by atoms with van der Waals surface area (Å²) in [6.07, 6.45) is 62.8. The molecule has 0 rings (SSSR count). The van der Waals surface area contributed by atoms with Gasteiger partial charge in [0.05, 0.1) is 27.7 Å². The summed E-state index contributed by atoms with van der Waals surface area (Å²) in [5.41, 5.74) is 0. The van der Waals surface area contributed by atoms with E-state index in [0.29, 0.717) is 17.4 Å². The van der Waals surface area contributed by atoms with Crippen molar-refractivity contribution in [3.05, 3.63) is 60.8 Å². The van der Waals surface area contributed by atoms with Gasteiger partial charge in [-0.25, -0.2) is 4.57 Å². The Hall–Kier alpha value is -2.29. The van der Waals surface area contributed by atoms with E-state index in [1.165, 1.54) is 141 Å². The van der Waals surface area contributed by atoms with Gasteiger partial charge in [-0.05, 0) is 77.0 Å². The van der Waals surface area contributed by atoms with Crippen molar-refractivity contribution in [2.45, 2.75) is 251 Å². The lowest BCUT2D eigenvalue weighted by Crippen LogP contribution is -2.37. The average Bonchev–Trinajstić information content (AvgIpc) is 3.30. The molecule has 2 unspecified atom stereocenters. The lowest BCUT2D eigenvalue weighted by Gasteiger charge is -2.24. The van der Waals surface area contributed by atoms with E-state index in [0.717, 1.165) is 70.6 Å². The highest BCUT2D eigenvalue weighted by molar-refractivity contribution is 7.47. The fourth-order valence-corrected chi connectivity index (χ4v) is 8.45. The van der Waals surface area contributed by atoms with E-state index in [1.807, 2.05) is 21.1 Å². The number of phosphoric acid groups is 1. The van der Waals surface area contributed by atoms with Crippen LogP contribution in [0.4, 0.5) is 0 Å². The van der Waals surface area contributed by atoms with Gasteiger partial charge in [-0.1, -0.05) is 216 Å². The third kappa shape index (κ3) is 53.1. The fraction of sp³-hybridized carbons (Fsp3) is 0.793. The summed E-state index contributed by atoms with van der Waals surface area (Å²) in [5.74, 6) is -0.803. The standard InChI is InChI=1S/C58H106NO8P/c1-6-8-10-12-14-16-18-20-22-24-26-28-29-31-32-34-36-38-40-42-44-46-48-50-57(60)64-54-56(55-66-68(62,63)65-53-52-59(3,4)5)67-58(61)51-49-47-45-43-41-39-37-35-33-30-27-25-23-21-19-17-15-13-11-9-7-2/h9,11,15,17,21,23-24,26-27,30,56H,6-8,10,12-14,16,18-20,22,25,28-29,31-55H2,1-5H3/p+1/b11-9-,17-15-,23-21-,26-24-,30-27-. The molecular formula is C58H107NO8P+. The fourth-order valence-electron chi connectivity index (χ4n) is 7.71. The number of phosphoric ester groups is 1. The molecule has 0 saturated heterocycles. The molecule has 9 nitrogen and oxygen atoms in total. The van der Waals surface area contributed by atoms with Crippen LogP contribution in [0.1, 0.15) is 245 Å². The van der Waals surface area contributed by atoms with Gasteiger partial charge in [-0.3, -0.25) is 18.6 Å². The Morgan fingerprint density at radius 1 is 0.471 bits per heavy atom. The van der Waals surface area contributed by atoms with Gasteiger partial charge in [0.1, 0.15) is 19.8 Å². The SMILES string of the molecule is CC/C=C\C/C=C\C/C=C\C/C=C\CCCCCCCCCCC(=O)OC(COC(=O)CCCCCCCCCCCCC/C=C\CCCCCCCCCC)COP(=O)(O)OCC[N+](C)(C)C. The third-order valence-electron chi connectivity index (χ3n) is 12.0. The molecule has 0 radical (unpaired) electrons. The van der Waals surface area contributed by atoms with Crippen molar-refractivity contribution in [3.8, 4) is 0 Å². The van der Waals surface area contributed by atoms with Crippen LogP contribution >= 0.6 is 7.82 Å². The molecule has 2 atom stereocenters. The summed E-state index contributed by atoms with van der Waals surface area (Å²) >= 11 is 0. The summed E-state index contributed by atoms with van der Waals surface area (Å²) in [6, 6.07) is 0. The van der Waals surface area contributed by atoms with Crippen molar-refractivity contribution in [2.24, 2.45) is 0 Å². The zero-order valence-corrected chi connectivity index (χ0v) is 45.7. The zero-order chi connectivity index (χ0) is 49.9. The Morgan fingerprint density at radius 2 is 0.838 bits per heavy atom. The van der Waals surface area contributed by atoms with Crippen LogP contribution < -0.4 is 0 Å². The van der Waals surface area contributed by atoms with E-state index in [1.54, 1.807) is 0 Å². The zero-order valence-electron chi connectivity index (χ0n) is 44.8. The Kier molecular flexibility index (Phi) is 48.0. The minimum atomic E-state index is -4.39. The number of hydrogen-bond donors (Lipinski definition) is 1. The van der Waals surface area contributed by atoms with Gasteiger partial charge in [0.15, 0.2) is 6.10 Å². The quantitative estimate of drug-likeness (QED) is 0.0211. The predicted molar refractivity (Wildman–Crippen MR) is 289 cm³/mol. The summed E-state index contributed by atoms with van der Waals surface area (Å²) in [4.78, 5) is 35.7. The Labute approximate surface area is 419 Å². The number of hydrogen-bond acceptors (Lipinski definition) is 7. The Morgan fingerprint density at radius 3 is 1.26 bits per heavy atom. The molecule has 0 amide bonds. The van der Waals surface area contributed by atoms with E-state index in [-0.39, 0.29) is 32.0 Å². The largest absolute Gasteiger partial charge is 0.472 e. The van der Waals surface area contributed by atoms with Gasteiger partial charge in [0.25, 0.3) is 0 Å². The number of rotatable bonds is 51. The first-order valence-corrected chi connectivity index (χ1v) is 29.5. The lowest BCUT2D eigenvalue weighted by molar-refractivity contribution is -0.870. The molecule has 10 heteroatoms. The number of allylic oxidation sites excluding steroid dienone is 10. The second-order valence-electron chi connectivity index (χ2n) is 19.9. The number of likely N-dealkylation sites (N-methyl/N-ethyl adjacent to an activating group) is 1. The predicted octanol–water partition coefficient (Wildman–Crippen LogP) is 17.1. The molecule has 0 aromatic rings. The van der Waals surface area contributed by atoms with Crippen molar-refractivity contribution in [3.63, 3.8) is 0 Å². The van der Waals surface area contributed by atoms with Crippen molar-refractivity contribution >= 4 is 19.8 Å². The summed E-state index contributed by atoms with van der Waals surface area (Å²) < 4.78 is 34.5. The second-order valence-corrected chi connectivity index (χ2v) is 21.4. The van der Waals surface area contributed by atoms with Gasteiger partial charge in [0.2, 0.25) is 0 Å². The summed E-state index contributed by atoms with van der Waals surface area (Å²) in [5, 5.41) is 0. The van der Waals surface area contributed by atoms with Crippen LogP contribution in [0, 0.1) is 0 Å². The summed E-state index contributed by atoms with van der Waals surface area (Å²) in [6.45, 7) is 4.33. The first-order valence-electron chi connectivity index (χ1n) is 28.0. The molecule has 0 fully saturated rings. The van der Waals surface area contributed by atoms with Crippen LogP contribution in [0.15, 0.2) is 60.8 Å². The highest BCUT2D eigenvalue weighted by atomic mass is 31.2. The van der Waals surface area contributed by atoms with Gasteiger partial charge in [-0.15, -0.1) is 0 Å². The van der Waals surface area contributed by atoms with Gasteiger partial charge in [-0.2, -0.15) is 0 Å². The van der Waals surface area contributed by atoms with Crippen molar-refractivity contribution in [1.29, 1.82) is 0 Å². The van der Waals surface area contributed by atoms with Crippen LogP contribution in [-0.4, -0.2) is 74.9 Å². The van der Waals surface area contributed by atoms with Crippen LogP contribution in [0.3, 0.4) is 0 Å². The maximum Gasteiger partial charge on any atom is 0.472 e. The Balaban J connectivity index is 4.20. The first-order chi connectivity index (χ1) is 33.0. The molecule has 0 heterocycles. The molecular weight excluding hydrogens is 870 g/mol. The minimum Gasteiger partial charge on any atom is -0.462 e. The third-order valence-corrected chi connectivity index (χ3v) is 13.0. The first kappa shape index (κ1) is 65.7. The number of carbonyl (C=O) groups is 2. The number of carbonyl (C=O) groups excluding carboxylic acids is 2. The van der Waals surface area contributed by atoms with Crippen LogP contribution in [-0.2, 0) is 32.7 Å². The number of unbranched alkanes of at least 4 members (excludes halogenated alkanes) is 27. The topological polar surface area (TPSA) is 108 Å². The molecule has 0 bridgehead atoms.